The van der Waals surface area contributed by atoms with E-state index in [0.29, 0.717) is 11.1 Å². The minimum Gasteiger partial charge on any atom is -0.341 e. The average molecular weight is 597 g/mol. The number of Topliss-reactive ketones (excluding diaryl/α,β-unsaturated/α-hetero) is 2. The van der Waals surface area contributed by atoms with Gasteiger partial charge in [-0.1, -0.05) is 48.5 Å². The summed E-state index contributed by atoms with van der Waals surface area (Å²) in [6.07, 6.45) is 9.92. The predicted octanol–water partition coefficient (Wildman–Crippen LogP) is 7.99. The van der Waals surface area contributed by atoms with Crippen molar-refractivity contribution in [3.8, 4) is 0 Å². The number of hydrogen-bond acceptors (Lipinski definition) is 7. The third-order valence-corrected chi connectivity index (χ3v) is 9.43. The van der Waals surface area contributed by atoms with Gasteiger partial charge in [0, 0.05) is 67.9 Å². The number of fused-ring (bicyclic) bond motifs is 3. The highest BCUT2D eigenvalue weighted by Gasteiger charge is 2.25. The highest BCUT2D eigenvalue weighted by Crippen LogP contribution is 2.33. The summed E-state index contributed by atoms with van der Waals surface area (Å²) in [7, 11) is 0. The van der Waals surface area contributed by atoms with Gasteiger partial charge in [-0.05, 0) is 67.6 Å². The fourth-order valence-electron chi connectivity index (χ4n) is 5.28. The molecule has 0 amide bonds. The monoisotopic (exact) mass is 596 g/mol. The number of benzene rings is 3. The predicted molar refractivity (Wildman–Crippen MR) is 173 cm³/mol. The number of hydrogen-bond donors (Lipinski definition) is 0. The van der Waals surface area contributed by atoms with E-state index in [1.54, 1.807) is 17.8 Å². The highest BCUT2D eigenvalue weighted by atomic mass is 32.2. The van der Waals surface area contributed by atoms with E-state index in [2.05, 4.69) is 29.6 Å². The first-order chi connectivity index (χ1) is 20.3. The lowest BCUT2D eigenvalue weighted by molar-refractivity contribution is -0.140. The lowest BCUT2D eigenvalue weighted by Gasteiger charge is -2.19. The summed E-state index contributed by atoms with van der Waals surface area (Å²) in [5.74, 6) is -0.685. The summed E-state index contributed by atoms with van der Waals surface area (Å²) in [4.78, 5) is 45.9. The van der Waals surface area contributed by atoms with Crippen LogP contribution in [0.3, 0.4) is 0 Å². The number of carbonyl (C=O) groups excluding carboxylic acids is 3. The molecule has 4 aromatic rings. The van der Waals surface area contributed by atoms with Crippen molar-refractivity contribution < 1.29 is 19.2 Å². The molecule has 0 saturated carbocycles. The van der Waals surface area contributed by atoms with Crippen LogP contribution in [0.15, 0.2) is 99.9 Å². The maximum atomic E-state index is 13.8. The number of carbonyl (C=O) groups is 3. The summed E-state index contributed by atoms with van der Waals surface area (Å²) < 4.78 is 2.18. The standard InChI is InChI=1S/C34H32N2O4S2/c1-5-36-29-16-14-23(33(38)25-11-7-6-10-21(25)2)18-26(29)27-19-24(15-17-30(27)36)34(39)28(35-40-22(3)37)20-42-32-13-9-8-12-31(32)41-4/h6-19,21,25H,5,20H2,1-4H3/b35-28+. The number of oxime groups is 1. The van der Waals surface area contributed by atoms with Gasteiger partial charge in [0.2, 0.25) is 5.78 Å². The maximum absolute atomic E-state index is 13.8. The molecule has 0 fully saturated rings. The number of ketones is 2. The zero-order valence-electron chi connectivity index (χ0n) is 24.0. The number of allylic oxidation sites excluding steroid dienone is 4. The Bertz CT molecular complexity index is 1780. The van der Waals surface area contributed by atoms with Gasteiger partial charge >= 0.3 is 5.97 Å². The molecule has 1 aromatic heterocycles. The molecule has 1 heterocycles. The highest BCUT2D eigenvalue weighted by molar-refractivity contribution is 8.02. The lowest BCUT2D eigenvalue weighted by Crippen LogP contribution is -2.20. The molecule has 5 rings (SSSR count). The first kappa shape index (κ1) is 29.6. The van der Waals surface area contributed by atoms with Gasteiger partial charge in [0.05, 0.1) is 0 Å². The van der Waals surface area contributed by atoms with Crippen molar-refractivity contribution in [3.63, 3.8) is 0 Å². The number of aromatic nitrogens is 1. The van der Waals surface area contributed by atoms with Gasteiger partial charge in [0.15, 0.2) is 5.78 Å². The number of thioether (sulfide) groups is 2. The van der Waals surface area contributed by atoms with Crippen LogP contribution in [0.2, 0.25) is 0 Å². The SMILES string of the molecule is CCn1c2ccc(C(=O)/C(CSc3ccccc3SC)=N/OC(C)=O)cc2c2cc(C(=O)C3C=CC=CC3C)ccc21. The molecule has 2 atom stereocenters. The first-order valence-electron chi connectivity index (χ1n) is 13.8. The summed E-state index contributed by atoms with van der Waals surface area (Å²) in [5.41, 5.74) is 3.20. The van der Waals surface area contributed by atoms with Gasteiger partial charge in [0.25, 0.3) is 0 Å². The summed E-state index contributed by atoms with van der Waals surface area (Å²) >= 11 is 3.10. The number of nitrogens with zero attached hydrogens (tertiary/aromatic N) is 2. The van der Waals surface area contributed by atoms with E-state index < -0.39 is 5.97 Å². The van der Waals surface area contributed by atoms with Crippen molar-refractivity contribution >= 4 is 68.6 Å². The second-order valence-electron chi connectivity index (χ2n) is 10.1. The van der Waals surface area contributed by atoms with E-state index in [0.717, 1.165) is 38.1 Å². The Morgan fingerprint density at radius 1 is 0.905 bits per heavy atom. The van der Waals surface area contributed by atoms with Crippen molar-refractivity contribution in [2.45, 2.75) is 37.1 Å². The van der Waals surface area contributed by atoms with Crippen molar-refractivity contribution in [2.75, 3.05) is 12.0 Å². The molecule has 42 heavy (non-hydrogen) atoms. The molecule has 0 saturated heterocycles. The fourth-order valence-corrected chi connectivity index (χ4v) is 7.05. The van der Waals surface area contributed by atoms with Crippen LogP contribution in [-0.2, 0) is 16.2 Å². The van der Waals surface area contributed by atoms with Crippen LogP contribution in [0.5, 0.6) is 0 Å². The molecule has 6 nitrogen and oxygen atoms in total. The Morgan fingerprint density at radius 3 is 2.19 bits per heavy atom. The van der Waals surface area contributed by atoms with E-state index in [4.69, 9.17) is 4.84 Å². The van der Waals surface area contributed by atoms with E-state index in [1.165, 1.54) is 18.7 Å². The Labute approximate surface area is 253 Å². The molecule has 2 unspecified atom stereocenters. The summed E-state index contributed by atoms with van der Waals surface area (Å²) in [6, 6.07) is 19.4. The molecule has 1 aliphatic rings. The third-order valence-electron chi connectivity index (χ3n) is 7.42. The second-order valence-corrected chi connectivity index (χ2v) is 12.0. The fraction of sp³-hybridized carbons (Fsp3) is 0.235. The zero-order valence-corrected chi connectivity index (χ0v) is 25.6. The molecule has 1 aliphatic carbocycles. The minimum atomic E-state index is -0.592. The topological polar surface area (TPSA) is 77.7 Å². The zero-order chi connectivity index (χ0) is 29.8. The number of rotatable bonds is 10. The van der Waals surface area contributed by atoms with Crippen LogP contribution >= 0.6 is 23.5 Å². The van der Waals surface area contributed by atoms with Crippen molar-refractivity contribution in [2.24, 2.45) is 17.0 Å². The van der Waals surface area contributed by atoms with E-state index in [-0.39, 0.29) is 34.9 Å². The van der Waals surface area contributed by atoms with Gasteiger partial charge in [-0.15, -0.1) is 23.5 Å². The Balaban J connectivity index is 1.53. The maximum Gasteiger partial charge on any atom is 0.331 e. The van der Waals surface area contributed by atoms with Crippen molar-refractivity contribution in [1.82, 2.24) is 4.57 Å². The molecule has 0 radical (unpaired) electrons. The quantitative estimate of drug-likeness (QED) is 0.0607. The molecule has 0 aliphatic heterocycles. The van der Waals surface area contributed by atoms with Crippen molar-refractivity contribution in [3.05, 3.63) is 96.1 Å². The lowest BCUT2D eigenvalue weighted by atomic mass is 9.84. The molecule has 3 aromatic carbocycles. The molecule has 0 spiro atoms. The third kappa shape index (κ3) is 6.01. The Hall–Kier alpha value is -3.88. The van der Waals surface area contributed by atoms with Gasteiger partial charge < -0.3 is 9.40 Å². The van der Waals surface area contributed by atoms with Gasteiger partial charge in [-0.25, -0.2) is 4.79 Å². The Kier molecular flexibility index (Phi) is 9.14. The Morgan fingerprint density at radius 2 is 1.55 bits per heavy atom. The largest absolute Gasteiger partial charge is 0.341 e. The molecule has 8 heteroatoms. The molecular formula is C34H32N2O4S2. The van der Waals surface area contributed by atoms with Gasteiger partial charge in [-0.3, -0.25) is 9.59 Å². The summed E-state index contributed by atoms with van der Waals surface area (Å²) in [6.45, 7) is 6.12. The average Bonchev–Trinajstić information content (AvgIpc) is 3.32. The van der Waals surface area contributed by atoms with Crippen molar-refractivity contribution in [1.29, 1.82) is 0 Å². The smallest absolute Gasteiger partial charge is 0.331 e. The van der Waals surface area contributed by atoms with Crippen LogP contribution < -0.4 is 0 Å². The molecule has 214 valence electrons. The van der Waals surface area contributed by atoms with Gasteiger partial charge in [0.1, 0.15) is 5.71 Å². The van der Waals surface area contributed by atoms with Crippen LogP contribution in [0.4, 0.5) is 0 Å². The van der Waals surface area contributed by atoms with Crippen LogP contribution in [0.25, 0.3) is 21.8 Å². The molecule has 0 N–H and O–H groups in total. The van der Waals surface area contributed by atoms with Gasteiger partial charge in [-0.2, -0.15) is 0 Å². The molecular weight excluding hydrogens is 565 g/mol. The van der Waals surface area contributed by atoms with Crippen LogP contribution in [0, 0.1) is 11.8 Å². The number of aryl methyl sites for hydroxylation is 1. The minimum absolute atomic E-state index is 0.0768. The van der Waals surface area contributed by atoms with E-state index in [1.807, 2.05) is 79.1 Å². The van der Waals surface area contributed by atoms with E-state index >= 15 is 0 Å². The molecule has 0 bridgehead atoms. The van der Waals surface area contributed by atoms with E-state index in [9.17, 15) is 14.4 Å². The second kappa shape index (κ2) is 13.0. The van der Waals surface area contributed by atoms with Crippen LogP contribution in [0.1, 0.15) is 41.5 Å². The van der Waals surface area contributed by atoms with Crippen LogP contribution in [-0.4, -0.2) is 39.8 Å². The first-order valence-corrected chi connectivity index (χ1v) is 16.0. The summed E-state index contributed by atoms with van der Waals surface area (Å²) in [5, 5.41) is 5.75. The normalized spacial score (nSPS) is 16.7.